The van der Waals surface area contributed by atoms with Gasteiger partial charge in [-0.25, -0.2) is 8.78 Å². The predicted octanol–water partition coefficient (Wildman–Crippen LogP) is 5.58. The number of fused-ring (bicyclic) bond motifs is 1. The maximum atomic E-state index is 14.9. The molecular formula is C20H22F2O4S. The molecule has 27 heavy (non-hydrogen) atoms. The number of furan rings is 1. The summed E-state index contributed by atoms with van der Waals surface area (Å²) in [7, 11) is 0. The minimum atomic E-state index is -2.11. The number of carbonyl (C=O) groups is 1. The van der Waals surface area contributed by atoms with Crippen LogP contribution >= 0.6 is 11.8 Å². The van der Waals surface area contributed by atoms with E-state index in [9.17, 15) is 13.6 Å². The second-order valence-electron chi connectivity index (χ2n) is 6.42. The summed E-state index contributed by atoms with van der Waals surface area (Å²) in [4.78, 5) is 11.3. The molecule has 1 aromatic heterocycles. The Bertz CT molecular complexity index is 848. The zero-order chi connectivity index (χ0) is 19.4. The summed E-state index contributed by atoms with van der Waals surface area (Å²) in [5.74, 6) is 0.365. The summed E-state index contributed by atoms with van der Waals surface area (Å²) in [5, 5.41) is 0.174. The highest BCUT2D eigenvalue weighted by atomic mass is 32.2. The van der Waals surface area contributed by atoms with Gasteiger partial charge in [0.25, 0.3) is 0 Å². The van der Waals surface area contributed by atoms with Gasteiger partial charge < -0.3 is 13.9 Å². The molecule has 0 N–H and O–H groups in total. The van der Waals surface area contributed by atoms with Gasteiger partial charge in [-0.05, 0) is 38.8 Å². The first-order valence-corrected chi connectivity index (χ1v) is 9.78. The zero-order valence-corrected chi connectivity index (χ0v) is 16.1. The fraction of sp³-hybridized carbons (Fsp3) is 0.450. The molecule has 0 spiro atoms. The van der Waals surface area contributed by atoms with Crippen LogP contribution in [0.3, 0.4) is 0 Å². The fourth-order valence-electron chi connectivity index (χ4n) is 3.02. The van der Waals surface area contributed by atoms with Crippen LogP contribution in [0.1, 0.15) is 37.5 Å². The molecule has 0 radical (unpaired) electrons. The highest BCUT2D eigenvalue weighted by molar-refractivity contribution is 8.03. The van der Waals surface area contributed by atoms with Crippen LogP contribution in [0.5, 0.6) is 0 Å². The van der Waals surface area contributed by atoms with Gasteiger partial charge in [0.05, 0.1) is 6.61 Å². The molecule has 1 aliphatic heterocycles. The third-order valence-electron chi connectivity index (χ3n) is 4.37. The molecule has 2 aromatic rings. The van der Waals surface area contributed by atoms with Gasteiger partial charge in [0.1, 0.15) is 23.7 Å². The second-order valence-corrected chi connectivity index (χ2v) is 7.57. The van der Waals surface area contributed by atoms with Gasteiger partial charge in [-0.15, -0.1) is 0 Å². The van der Waals surface area contributed by atoms with Crippen molar-refractivity contribution in [2.75, 3.05) is 6.61 Å². The van der Waals surface area contributed by atoms with Gasteiger partial charge in [0.2, 0.25) is 6.17 Å². The summed E-state index contributed by atoms with van der Waals surface area (Å²) in [5.41, 5.74) is 1.58. The van der Waals surface area contributed by atoms with Crippen LogP contribution in [0.15, 0.2) is 39.8 Å². The van der Waals surface area contributed by atoms with Crippen molar-refractivity contribution in [2.24, 2.45) is 0 Å². The van der Waals surface area contributed by atoms with E-state index in [0.717, 1.165) is 34.1 Å². The molecule has 4 nitrogen and oxygen atoms in total. The Hall–Kier alpha value is -2.02. The first-order chi connectivity index (χ1) is 12.9. The number of aryl methyl sites for hydroxylation is 1. The maximum Gasteiger partial charge on any atom is 0.305 e. The molecule has 0 bridgehead atoms. The molecule has 0 fully saturated rings. The average molecular weight is 396 g/mol. The van der Waals surface area contributed by atoms with E-state index in [4.69, 9.17) is 13.9 Å². The van der Waals surface area contributed by atoms with Gasteiger partial charge in [-0.2, -0.15) is 0 Å². The summed E-state index contributed by atoms with van der Waals surface area (Å²) in [6, 6.07) is 7.46. The lowest BCUT2D eigenvalue weighted by atomic mass is 10.1. The molecule has 146 valence electrons. The number of hydrogen-bond donors (Lipinski definition) is 0. The molecule has 0 saturated heterocycles. The average Bonchev–Trinajstić information content (AvgIpc) is 3.14. The number of ether oxygens (including phenoxy) is 2. The van der Waals surface area contributed by atoms with Gasteiger partial charge >= 0.3 is 5.97 Å². The van der Waals surface area contributed by atoms with E-state index in [2.05, 4.69) is 0 Å². The smallest absolute Gasteiger partial charge is 0.305 e. The Morgan fingerprint density at radius 1 is 1.41 bits per heavy atom. The summed E-state index contributed by atoms with van der Waals surface area (Å²) in [6.07, 6.45) is -1.66. The van der Waals surface area contributed by atoms with Crippen molar-refractivity contribution in [2.45, 2.75) is 50.9 Å². The van der Waals surface area contributed by atoms with E-state index in [1.165, 1.54) is 5.41 Å². The number of esters is 1. The molecule has 0 aliphatic carbocycles. The van der Waals surface area contributed by atoms with E-state index >= 15 is 0 Å². The molecule has 0 saturated carbocycles. The Morgan fingerprint density at radius 3 is 3.00 bits per heavy atom. The molecular weight excluding hydrogens is 374 g/mol. The number of thioether (sulfide) groups is 1. The van der Waals surface area contributed by atoms with Crippen molar-refractivity contribution in [3.63, 3.8) is 0 Å². The summed E-state index contributed by atoms with van der Waals surface area (Å²) < 4.78 is 45.4. The monoisotopic (exact) mass is 396 g/mol. The Kier molecular flexibility index (Phi) is 6.09. The molecule has 2 atom stereocenters. The van der Waals surface area contributed by atoms with Crippen molar-refractivity contribution in [1.29, 1.82) is 0 Å². The van der Waals surface area contributed by atoms with Crippen LogP contribution in [-0.4, -0.2) is 23.7 Å². The minimum Gasteiger partial charge on any atom is -0.489 e. The van der Waals surface area contributed by atoms with Gasteiger partial charge in [-0.1, -0.05) is 23.9 Å². The van der Waals surface area contributed by atoms with Crippen molar-refractivity contribution < 1.29 is 27.5 Å². The predicted molar refractivity (Wildman–Crippen MR) is 101 cm³/mol. The van der Waals surface area contributed by atoms with E-state index in [1.807, 2.05) is 31.2 Å². The quantitative estimate of drug-likeness (QED) is 0.545. The standard InChI is InChI=1S/C20H22F2O4S/c1-3-24-18(23)8-5-9-20(22)19(21)17(12-27-20)25-11-14-6-4-7-16-15(14)10-13(2)26-16/h4,6-7,10,12,19H,3,5,8-9,11H2,1-2H3. The number of benzene rings is 1. The first kappa shape index (κ1) is 19.7. The molecule has 2 unspecified atom stereocenters. The molecule has 2 heterocycles. The van der Waals surface area contributed by atoms with Crippen molar-refractivity contribution in [3.05, 3.63) is 46.8 Å². The van der Waals surface area contributed by atoms with Crippen LogP contribution in [0.2, 0.25) is 0 Å². The van der Waals surface area contributed by atoms with Crippen LogP contribution in [0.4, 0.5) is 8.78 Å². The van der Waals surface area contributed by atoms with Gasteiger partial charge in [-0.3, -0.25) is 4.79 Å². The van der Waals surface area contributed by atoms with E-state index in [-0.39, 0.29) is 38.2 Å². The molecule has 1 aliphatic rings. The fourth-order valence-corrected chi connectivity index (χ4v) is 4.02. The Morgan fingerprint density at radius 2 is 2.22 bits per heavy atom. The second kappa shape index (κ2) is 8.33. The topological polar surface area (TPSA) is 48.7 Å². The maximum absolute atomic E-state index is 14.9. The number of carbonyl (C=O) groups excluding carboxylic acids is 1. The zero-order valence-electron chi connectivity index (χ0n) is 15.3. The largest absolute Gasteiger partial charge is 0.489 e. The van der Waals surface area contributed by atoms with Crippen molar-refractivity contribution in [3.8, 4) is 0 Å². The third-order valence-corrected chi connectivity index (χ3v) is 5.53. The molecule has 7 heteroatoms. The van der Waals surface area contributed by atoms with Crippen LogP contribution in [0.25, 0.3) is 11.0 Å². The van der Waals surface area contributed by atoms with Crippen molar-refractivity contribution >= 4 is 28.7 Å². The number of rotatable bonds is 8. The lowest BCUT2D eigenvalue weighted by Crippen LogP contribution is -2.29. The SMILES string of the molecule is CCOC(=O)CCCC1(F)SC=C(OCc2cccc3oc(C)cc23)C1F. The van der Waals surface area contributed by atoms with Crippen LogP contribution in [0, 0.1) is 6.92 Å². The molecule has 1 aromatic carbocycles. The molecule has 3 rings (SSSR count). The van der Waals surface area contributed by atoms with E-state index in [1.54, 1.807) is 6.92 Å². The summed E-state index contributed by atoms with van der Waals surface area (Å²) >= 11 is 0.769. The normalized spacial score (nSPS) is 22.1. The van der Waals surface area contributed by atoms with Crippen LogP contribution < -0.4 is 0 Å². The summed E-state index contributed by atoms with van der Waals surface area (Å²) in [6.45, 7) is 3.97. The minimum absolute atomic E-state index is 0.0177. The van der Waals surface area contributed by atoms with Gasteiger partial charge in [0, 0.05) is 22.8 Å². The van der Waals surface area contributed by atoms with Crippen molar-refractivity contribution in [1.82, 2.24) is 0 Å². The lowest BCUT2D eigenvalue weighted by molar-refractivity contribution is -0.143. The molecule has 0 amide bonds. The number of alkyl halides is 2. The van der Waals surface area contributed by atoms with E-state index in [0.29, 0.717) is 0 Å². The van der Waals surface area contributed by atoms with Gasteiger partial charge in [0.15, 0.2) is 5.00 Å². The number of allylic oxidation sites excluding steroid dienone is 1. The Balaban J connectivity index is 1.56. The highest BCUT2D eigenvalue weighted by Crippen LogP contribution is 2.47. The number of hydrogen-bond acceptors (Lipinski definition) is 5. The van der Waals surface area contributed by atoms with Crippen LogP contribution in [-0.2, 0) is 20.9 Å². The highest BCUT2D eigenvalue weighted by Gasteiger charge is 2.47. The Labute approximate surface area is 160 Å². The lowest BCUT2D eigenvalue weighted by Gasteiger charge is -2.22. The van der Waals surface area contributed by atoms with E-state index < -0.39 is 17.1 Å². The number of halogens is 2. The third kappa shape index (κ3) is 4.46. The first-order valence-electron chi connectivity index (χ1n) is 8.90.